The fraction of sp³-hybridized carbons (Fsp3) is 1.00. The summed E-state index contributed by atoms with van der Waals surface area (Å²) >= 11 is 0. The lowest BCUT2D eigenvalue weighted by Gasteiger charge is -2.05. The average molecular weight is 246 g/mol. The van der Waals surface area contributed by atoms with Crippen LogP contribution in [0.5, 0.6) is 0 Å². The van der Waals surface area contributed by atoms with Crippen molar-refractivity contribution >= 4 is 15.0 Å². The summed E-state index contributed by atoms with van der Waals surface area (Å²) in [5.74, 6) is 0. The van der Waals surface area contributed by atoms with E-state index in [0.717, 1.165) is 0 Å². The maximum Gasteiger partial charge on any atom is 0.266 e. The second kappa shape index (κ2) is 7.57. The third kappa shape index (κ3) is 10.4. The zero-order chi connectivity index (χ0) is 11.8. The molecule has 0 bridgehead atoms. The first-order valence-electron chi connectivity index (χ1n) is 3.89. The van der Waals surface area contributed by atoms with E-state index in [9.17, 15) is 9.13 Å². The molecule has 0 aliphatic rings. The molecule has 0 amide bonds. The number of nitrogens with one attached hydrogen (secondary N) is 2. The molecule has 0 spiro atoms. The number of hydrogen-bond acceptors (Lipinski definition) is 4. The minimum Gasteiger partial charge on any atom is -0.321 e. The lowest BCUT2D eigenvalue weighted by molar-refractivity contribution is 0.390. The van der Waals surface area contributed by atoms with Crippen molar-refractivity contribution in [2.24, 2.45) is 0 Å². The van der Waals surface area contributed by atoms with Crippen molar-refractivity contribution < 1.29 is 18.2 Å². The van der Waals surface area contributed by atoms with E-state index >= 15 is 0 Å². The summed E-state index contributed by atoms with van der Waals surface area (Å²) in [5, 5.41) is 5.05. The van der Waals surface area contributed by atoms with E-state index in [2.05, 4.69) is 19.2 Å². The molecule has 8 heteroatoms. The average Bonchev–Trinajstić information content (AvgIpc) is 2.19. The summed E-state index contributed by atoms with van der Waals surface area (Å²) in [6.45, 7) is 3.04. The minimum atomic E-state index is -2.40. The van der Waals surface area contributed by atoms with Crippen LogP contribution in [0.3, 0.4) is 0 Å². The van der Waals surface area contributed by atoms with Gasteiger partial charge in [-0.1, -0.05) is 0 Å². The van der Waals surface area contributed by atoms with Crippen molar-refractivity contribution in [2.75, 3.05) is 41.6 Å². The summed E-state index contributed by atoms with van der Waals surface area (Å²) in [6.07, 6.45) is 0. The van der Waals surface area contributed by atoms with Crippen molar-refractivity contribution in [3.8, 4) is 0 Å². The Balaban J connectivity index is 0. The standard InChI is InChI=1S/2C3H10NO2P/c2*1-4-7(3,5)6-2/h2*1-3H3,(H,4,5). The van der Waals surface area contributed by atoms with Crippen LogP contribution in [0.15, 0.2) is 0 Å². The Hall–Kier alpha value is 0.300. The van der Waals surface area contributed by atoms with Crippen molar-refractivity contribution in [3.05, 3.63) is 0 Å². The Bertz CT molecular complexity index is 194. The predicted octanol–water partition coefficient (Wildman–Crippen LogP) is 1.35. The quantitative estimate of drug-likeness (QED) is 0.729. The largest absolute Gasteiger partial charge is 0.321 e. The highest BCUT2D eigenvalue weighted by Crippen LogP contribution is 2.34. The van der Waals surface area contributed by atoms with Gasteiger partial charge in [0.2, 0.25) is 0 Å². The van der Waals surface area contributed by atoms with Gasteiger partial charge in [-0.3, -0.25) is 9.13 Å². The monoisotopic (exact) mass is 246 g/mol. The molecular formula is C6H20N2O4P2. The molecule has 88 valence electrons. The molecule has 0 fully saturated rings. The molecular weight excluding hydrogens is 226 g/mol. The van der Waals surface area contributed by atoms with Gasteiger partial charge in [-0.15, -0.1) is 0 Å². The van der Waals surface area contributed by atoms with E-state index in [1.165, 1.54) is 27.5 Å². The lowest BCUT2D eigenvalue weighted by atomic mass is 11.6. The van der Waals surface area contributed by atoms with E-state index in [4.69, 9.17) is 0 Å². The molecule has 0 aromatic carbocycles. The Morgan fingerprint density at radius 1 is 0.857 bits per heavy atom. The molecule has 0 rings (SSSR count). The van der Waals surface area contributed by atoms with Crippen LogP contribution in [0.4, 0.5) is 0 Å². The third-order valence-corrected chi connectivity index (χ3v) is 4.53. The van der Waals surface area contributed by atoms with Gasteiger partial charge in [0.15, 0.2) is 0 Å². The summed E-state index contributed by atoms with van der Waals surface area (Å²) in [5.41, 5.74) is 0. The topological polar surface area (TPSA) is 76.7 Å². The van der Waals surface area contributed by atoms with Crippen LogP contribution >= 0.6 is 15.0 Å². The van der Waals surface area contributed by atoms with Crippen LogP contribution in [-0.2, 0) is 18.2 Å². The second-order valence-corrected chi connectivity index (χ2v) is 7.51. The van der Waals surface area contributed by atoms with E-state index in [0.29, 0.717) is 0 Å². The summed E-state index contributed by atoms with van der Waals surface area (Å²) < 4.78 is 30.3. The molecule has 0 saturated carbocycles. The van der Waals surface area contributed by atoms with Gasteiger partial charge in [0.25, 0.3) is 15.0 Å². The third-order valence-electron chi connectivity index (χ3n) is 1.51. The molecule has 6 nitrogen and oxygen atoms in total. The first-order chi connectivity index (χ1) is 6.24. The highest BCUT2D eigenvalue weighted by molar-refractivity contribution is 7.56. The van der Waals surface area contributed by atoms with Crippen molar-refractivity contribution in [1.82, 2.24) is 10.2 Å². The zero-order valence-electron chi connectivity index (χ0n) is 9.53. The van der Waals surface area contributed by atoms with Crippen LogP contribution in [0, 0.1) is 0 Å². The van der Waals surface area contributed by atoms with Crippen LogP contribution < -0.4 is 10.2 Å². The van der Waals surface area contributed by atoms with Crippen LogP contribution in [0.25, 0.3) is 0 Å². The van der Waals surface area contributed by atoms with E-state index in [1.54, 1.807) is 14.1 Å². The van der Waals surface area contributed by atoms with Crippen molar-refractivity contribution in [2.45, 2.75) is 0 Å². The Kier molecular flexibility index (Phi) is 9.04. The SMILES string of the molecule is CNP(C)(=O)OC.CNP(C)(=O)OC. The van der Waals surface area contributed by atoms with Gasteiger partial charge in [-0.2, -0.15) is 0 Å². The summed E-state index contributed by atoms with van der Waals surface area (Å²) in [7, 11) is 1.22. The predicted molar refractivity (Wildman–Crippen MR) is 59.2 cm³/mol. The fourth-order valence-electron chi connectivity index (χ4n) is 0.183. The maximum atomic E-state index is 10.6. The smallest absolute Gasteiger partial charge is 0.266 e. The van der Waals surface area contributed by atoms with Gasteiger partial charge >= 0.3 is 0 Å². The zero-order valence-corrected chi connectivity index (χ0v) is 11.3. The van der Waals surface area contributed by atoms with Crippen LogP contribution in [-0.4, -0.2) is 41.6 Å². The molecule has 0 heterocycles. The van der Waals surface area contributed by atoms with Gasteiger partial charge in [-0.05, 0) is 14.1 Å². The maximum absolute atomic E-state index is 10.6. The van der Waals surface area contributed by atoms with E-state index in [-0.39, 0.29) is 0 Å². The number of rotatable bonds is 4. The van der Waals surface area contributed by atoms with Gasteiger partial charge in [0.05, 0.1) is 0 Å². The van der Waals surface area contributed by atoms with Crippen molar-refractivity contribution in [1.29, 1.82) is 0 Å². The molecule has 0 radical (unpaired) electrons. The summed E-state index contributed by atoms with van der Waals surface area (Å²) in [4.78, 5) is 0. The fourth-order valence-corrected chi connectivity index (χ4v) is 0.548. The molecule has 2 unspecified atom stereocenters. The highest BCUT2D eigenvalue weighted by atomic mass is 31.2. The molecule has 0 saturated heterocycles. The minimum absolute atomic E-state index is 1.41. The molecule has 0 aromatic heterocycles. The normalized spacial score (nSPS) is 18.7. The van der Waals surface area contributed by atoms with Crippen molar-refractivity contribution in [3.63, 3.8) is 0 Å². The Morgan fingerprint density at radius 2 is 1.07 bits per heavy atom. The van der Waals surface area contributed by atoms with Gasteiger partial charge in [0, 0.05) is 27.5 Å². The molecule has 0 aliphatic carbocycles. The van der Waals surface area contributed by atoms with Crippen LogP contribution in [0.1, 0.15) is 0 Å². The molecule has 14 heavy (non-hydrogen) atoms. The lowest BCUT2D eigenvalue weighted by Crippen LogP contribution is -2.01. The molecule has 0 aromatic rings. The van der Waals surface area contributed by atoms with E-state index in [1.807, 2.05) is 0 Å². The molecule has 2 atom stereocenters. The van der Waals surface area contributed by atoms with Gasteiger partial charge in [-0.25, -0.2) is 10.2 Å². The Morgan fingerprint density at radius 3 is 1.07 bits per heavy atom. The number of hydrogen-bond donors (Lipinski definition) is 2. The van der Waals surface area contributed by atoms with Gasteiger partial charge in [0.1, 0.15) is 0 Å². The Labute approximate surface area is 85.8 Å². The highest BCUT2D eigenvalue weighted by Gasteiger charge is 2.06. The van der Waals surface area contributed by atoms with Crippen LogP contribution in [0.2, 0.25) is 0 Å². The van der Waals surface area contributed by atoms with E-state index < -0.39 is 15.0 Å². The first kappa shape index (κ1) is 16.7. The first-order valence-corrected chi connectivity index (χ1v) is 8.03. The summed E-state index contributed by atoms with van der Waals surface area (Å²) in [6, 6.07) is 0. The second-order valence-electron chi connectivity index (χ2n) is 2.50. The van der Waals surface area contributed by atoms with Gasteiger partial charge < -0.3 is 9.05 Å². The molecule has 0 aliphatic heterocycles. The molecule has 2 N–H and O–H groups in total.